The van der Waals surface area contributed by atoms with E-state index in [1.807, 2.05) is 12.5 Å². The number of nitrogens with zero attached hydrogens (tertiary/aromatic N) is 1. The molecule has 40 heavy (non-hydrogen) atoms. The van der Waals surface area contributed by atoms with Gasteiger partial charge in [0.05, 0.1) is 6.26 Å². The number of fused-ring (bicyclic) bond motifs is 1. The molecule has 2 heterocycles. The minimum atomic E-state index is 0.698. The van der Waals surface area contributed by atoms with Crippen molar-refractivity contribution < 1.29 is 4.74 Å². The van der Waals surface area contributed by atoms with E-state index < -0.39 is 0 Å². The van der Waals surface area contributed by atoms with Crippen molar-refractivity contribution in [2.24, 2.45) is 11.8 Å². The van der Waals surface area contributed by atoms with Gasteiger partial charge in [-0.25, -0.2) is 0 Å². The average molecular weight is 550 g/mol. The summed E-state index contributed by atoms with van der Waals surface area (Å²) in [6, 6.07) is 4.50. The molecule has 4 unspecified atom stereocenters. The highest BCUT2D eigenvalue weighted by Gasteiger charge is 2.24. The third kappa shape index (κ3) is 10.4. The summed E-state index contributed by atoms with van der Waals surface area (Å²) in [4.78, 5) is 4.82. The van der Waals surface area contributed by atoms with Crippen molar-refractivity contribution in [2.45, 2.75) is 168 Å². The molecule has 0 amide bonds. The Morgan fingerprint density at radius 3 is 1.85 bits per heavy atom. The molecule has 2 heteroatoms. The van der Waals surface area contributed by atoms with Gasteiger partial charge in [-0.1, -0.05) is 111 Å². The van der Waals surface area contributed by atoms with Crippen LogP contribution in [-0.4, -0.2) is 11.6 Å². The lowest BCUT2D eigenvalue weighted by atomic mass is 9.80. The maximum absolute atomic E-state index is 5.66. The van der Waals surface area contributed by atoms with Crippen LogP contribution in [-0.2, 0) is 4.74 Å². The van der Waals surface area contributed by atoms with Gasteiger partial charge in [0.15, 0.2) is 0 Å². The predicted molar refractivity (Wildman–Crippen MR) is 174 cm³/mol. The number of hydrogen-bond acceptors (Lipinski definition) is 2. The Balaban J connectivity index is 0.000000220. The van der Waals surface area contributed by atoms with Gasteiger partial charge in [-0.3, -0.25) is 4.98 Å². The lowest BCUT2D eigenvalue weighted by molar-refractivity contribution is 0.252. The molecule has 2 nitrogen and oxygen atoms in total. The Labute approximate surface area is 248 Å². The van der Waals surface area contributed by atoms with Crippen molar-refractivity contribution in [3.05, 3.63) is 53.1 Å². The molecule has 1 aromatic rings. The van der Waals surface area contributed by atoms with Crippen LogP contribution < -0.4 is 0 Å². The molecule has 1 aliphatic heterocycles. The Morgan fingerprint density at radius 1 is 0.675 bits per heavy atom. The van der Waals surface area contributed by atoms with E-state index in [9.17, 15) is 0 Å². The summed E-state index contributed by atoms with van der Waals surface area (Å²) in [5.41, 5.74) is 6.28. The molecule has 4 rings (SSSR count). The summed E-state index contributed by atoms with van der Waals surface area (Å²) in [6.07, 6.45) is 33.6. The smallest absolute Gasteiger partial charge is 0.109 e. The van der Waals surface area contributed by atoms with Gasteiger partial charge in [0.2, 0.25) is 0 Å². The van der Waals surface area contributed by atoms with E-state index in [4.69, 9.17) is 9.72 Å². The first-order valence-corrected chi connectivity index (χ1v) is 17.7. The number of hydrogen-bond donors (Lipinski definition) is 0. The number of aromatic nitrogens is 1. The normalized spacial score (nSPS) is 26.6. The molecular formula is C38H63NO. The van der Waals surface area contributed by atoms with Crippen molar-refractivity contribution >= 4 is 0 Å². The van der Waals surface area contributed by atoms with Gasteiger partial charge in [-0.05, 0) is 98.0 Å². The van der Waals surface area contributed by atoms with Crippen LogP contribution in [0.5, 0.6) is 0 Å². The van der Waals surface area contributed by atoms with E-state index in [1.165, 1.54) is 134 Å². The fraction of sp³-hybridized carbons (Fsp3) is 0.763. The molecule has 1 aromatic heterocycles. The first-order chi connectivity index (χ1) is 19.7. The molecular weight excluding hydrogens is 486 g/mol. The van der Waals surface area contributed by atoms with Crippen LogP contribution >= 0.6 is 0 Å². The third-order valence-electron chi connectivity index (χ3n) is 10.1. The second kappa shape index (κ2) is 19.5. The Hall–Kier alpha value is -1.57. The summed E-state index contributed by atoms with van der Waals surface area (Å²) >= 11 is 0. The molecule has 4 atom stereocenters. The average Bonchev–Trinajstić information content (AvgIpc) is 3.05. The molecule has 0 N–H and O–H groups in total. The van der Waals surface area contributed by atoms with Crippen LogP contribution in [0.15, 0.2) is 41.8 Å². The number of ether oxygens (including phenoxy) is 1. The van der Waals surface area contributed by atoms with Crippen molar-refractivity contribution in [3.63, 3.8) is 0 Å². The van der Waals surface area contributed by atoms with E-state index in [0.717, 1.165) is 24.4 Å². The highest BCUT2D eigenvalue weighted by molar-refractivity contribution is 5.32. The second-order valence-corrected chi connectivity index (χ2v) is 12.9. The van der Waals surface area contributed by atoms with Crippen LogP contribution in [0.3, 0.4) is 0 Å². The quantitative estimate of drug-likeness (QED) is 0.352. The van der Waals surface area contributed by atoms with E-state index >= 15 is 0 Å². The number of rotatable bonds is 6. The molecule has 2 aliphatic carbocycles. The molecule has 0 saturated carbocycles. The Kier molecular flexibility index (Phi) is 16.1. The maximum atomic E-state index is 5.66. The third-order valence-corrected chi connectivity index (χ3v) is 10.1. The standard InChI is InChI=1S/C19H31N.C19H32O/c1-3-11-17-13-9-7-5-6-8-12-16(4-2)18-14-10-15-20-19(17)18;1-3-10-17-12-9-7-5-6-8-11-16(4-2)19-15-20-14-13-18(17)19/h10,14-17H,3-9,11-13H2,1-2H3;13-14,16-17H,3-12,15H2,1-2H3. The summed E-state index contributed by atoms with van der Waals surface area (Å²) in [5, 5.41) is 0. The number of pyridine rings is 1. The van der Waals surface area contributed by atoms with E-state index in [2.05, 4.69) is 45.9 Å². The molecule has 0 aromatic carbocycles. The fourth-order valence-corrected chi connectivity index (χ4v) is 7.72. The van der Waals surface area contributed by atoms with Gasteiger partial charge in [0.1, 0.15) is 6.61 Å². The van der Waals surface area contributed by atoms with Crippen molar-refractivity contribution in [1.29, 1.82) is 0 Å². The largest absolute Gasteiger partial charge is 0.497 e. The van der Waals surface area contributed by atoms with Crippen molar-refractivity contribution in [3.8, 4) is 0 Å². The minimum absolute atomic E-state index is 0.698. The van der Waals surface area contributed by atoms with E-state index in [-0.39, 0.29) is 0 Å². The zero-order valence-corrected chi connectivity index (χ0v) is 26.9. The van der Waals surface area contributed by atoms with Crippen LogP contribution in [0, 0.1) is 11.8 Å². The Morgan fingerprint density at radius 2 is 1.23 bits per heavy atom. The fourth-order valence-electron chi connectivity index (χ4n) is 7.72. The van der Waals surface area contributed by atoms with Crippen LogP contribution in [0.2, 0.25) is 0 Å². The van der Waals surface area contributed by atoms with Gasteiger partial charge in [-0.2, -0.15) is 0 Å². The first-order valence-electron chi connectivity index (χ1n) is 17.7. The SMILES string of the molecule is CCCC1CCCCCCCC(CC)C2=C1C=COC2.CCCC1CCCCCCCC(CC)c2cccnc21. The van der Waals surface area contributed by atoms with Gasteiger partial charge >= 0.3 is 0 Å². The summed E-state index contributed by atoms with van der Waals surface area (Å²) in [7, 11) is 0. The zero-order chi connectivity index (χ0) is 28.4. The topological polar surface area (TPSA) is 22.1 Å². The Bertz CT molecular complexity index is 870. The molecule has 3 aliphatic rings. The van der Waals surface area contributed by atoms with Gasteiger partial charge in [-0.15, -0.1) is 0 Å². The van der Waals surface area contributed by atoms with Crippen LogP contribution in [0.1, 0.15) is 179 Å². The van der Waals surface area contributed by atoms with E-state index in [0.29, 0.717) is 5.92 Å². The highest BCUT2D eigenvalue weighted by atomic mass is 16.5. The zero-order valence-electron chi connectivity index (χ0n) is 26.9. The van der Waals surface area contributed by atoms with Crippen molar-refractivity contribution in [1.82, 2.24) is 4.98 Å². The first kappa shape index (κ1) is 32.9. The minimum Gasteiger partial charge on any atom is -0.497 e. The van der Waals surface area contributed by atoms with Crippen LogP contribution in [0.25, 0.3) is 0 Å². The van der Waals surface area contributed by atoms with Gasteiger partial charge in [0, 0.05) is 17.8 Å². The monoisotopic (exact) mass is 549 g/mol. The lowest BCUT2D eigenvalue weighted by Crippen LogP contribution is -2.17. The van der Waals surface area contributed by atoms with E-state index in [1.54, 1.807) is 16.7 Å². The highest BCUT2D eigenvalue weighted by Crippen LogP contribution is 2.37. The van der Waals surface area contributed by atoms with Gasteiger partial charge < -0.3 is 4.74 Å². The van der Waals surface area contributed by atoms with Gasteiger partial charge in [0.25, 0.3) is 0 Å². The molecule has 0 fully saturated rings. The summed E-state index contributed by atoms with van der Waals surface area (Å²) in [5.74, 6) is 2.97. The molecule has 0 saturated heterocycles. The molecule has 0 radical (unpaired) electrons. The molecule has 0 bridgehead atoms. The predicted octanol–water partition coefficient (Wildman–Crippen LogP) is 12.2. The molecule has 0 spiro atoms. The van der Waals surface area contributed by atoms with Crippen molar-refractivity contribution in [2.75, 3.05) is 6.61 Å². The lowest BCUT2D eigenvalue weighted by Gasteiger charge is -2.28. The number of allylic oxidation sites excluding steroid dienone is 2. The summed E-state index contributed by atoms with van der Waals surface area (Å²) < 4.78 is 5.66. The summed E-state index contributed by atoms with van der Waals surface area (Å²) in [6.45, 7) is 10.2. The maximum Gasteiger partial charge on any atom is 0.109 e. The van der Waals surface area contributed by atoms with Crippen LogP contribution in [0.4, 0.5) is 0 Å². The second-order valence-electron chi connectivity index (χ2n) is 12.9. The molecule has 226 valence electrons.